The molecule has 0 amide bonds. The predicted molar refractivity (Wildman–Crippen MR) is 77.0 cm³/mol. The Balaban J connectivity index is 4.42. The first kappa shape index (κ1) is 16.9. The zero-order chi connectivity index (χ0) is 14.3. The Morgan fingerprint density at radius 3 is 2.22 bits per heavy atom. The molecule has 0 bridgehead atoms. The van der Waals surface area contributed by atoms with Gasteiger partial charge >= 0.3 is 5.97 Å². The number of hydrogen-bond donors (Lipinski definition) is 0. The van der Waals surface area contributed by atoms with Crippen molar-refractivity contribution in [1.82, 2.24) is 0 Å². The van der Waals surface area contributed by atoms with Gasteiger partial charge in [0, 0.05) is 12.3 Å². The minimum absolute atomic E-state index is 0.209. The summed E-state index contributed by atoms with van der Waals surface area (Å²) in [4.78, 5) is 16.1. The van der Waals surface area contributed by atoms with Crippen LogP contribution in [0.25, 0.3) is 0 Å². The molecular formula is C15H27NO2. The zero-order valence-electron chi connectivity index (χ0n) is 12.8. The second-order valence-corrected chi connectivity index (χ2v) is 5.89. The highest BCUT2D eigenvalue weighted by Gasteiger charge is 2.16. The van der Waals surface area contributed by atoms with Gasteiger partial charge in [0.05, 0.1) is 6.42 Å². The lowest BCUT2D eigenvalue weighted by atomic mass is 10.1. The second-order valence-electron chi connectivity index (χ2n) is 5.89. The molecule has 0 aromatic rings. The summed E-state index contributed by atoms with van der Waals surface area (Å²) in [6, 6.07) is 0.263. The molecule has 1 atom stereocenters. The molecule has 0 aromatic heterocycles. The van der Waals surface area contributed by atoms with Crippen LogP contribution >= 0.6 is 0 Å². The minimum atomic E-state index is -0.432. The van der Waals surface area contributed by atoms with Crippen LogP contribution in [-0.2, 0) is 9.53 Å². The van der Waals surface area contributed by atoms with Gasteiger partial charge in [0.2, 0.25) is 0 Å². The molecule has 0 saturated carbocycles. The van der Waals surface area contributed by atoms with Crippen molar-refractivity contribution in [3.05, 3.63) is 11.6 Å². The first-order valence-electron chi connectivity index (χ1n) is 6.56. The summed E-state index contributed by atoms with van der Waals surface area (Å²) >= 11 is 0. The highest BCUT2D eigenvalue weighted by molar-refractivity contribution is 5.87. The molecule has 0 radical (unpaired) electrons. The average Bonchev–Trinajstić information content (AvgIpc) is 2.20. The number of carbonyl (C=O) groups is 1. The van der Waals surface area contributed by atoms with E-state index in [2.05, 4.69) is 25.8 Å². The van der Waals surface area contributed by atoms with Crippen molar-refractivity contribution in [2.45, 2.75) is 66.5 Å². The summed E-state index contributed by atoms with van der Waals surface area (Å²) < 4.78 is 5.28. The second kappa shape index (κ2) is 7.34. The fourth-order valence-electron chi connectivity index (χ4n) is 1.15. The summed E-state index contributed by atoms with van der Waals surface area (Å²) in [5.41, 5.74) is 0.468. The van der Waals surface area contributed by atoms with Crippen LogP contribution in [0.2, 0.25) is 0 Å². The van der Waals surface area contributed by atoms with Crippen LogP contribution in [0.1, 0.15) is 54.9 Å². The molecule has 0 spiro atoms. The van der Waals surface area contributed by atoms with Crippen LogP contribution in [0.4, 0.5) is 0 Å². The molecule has 1 unspecified atom stereocenters. The lowest BCUT2D eigenvalue weighted by Crippen LogP contribution is -2.24. The molecule has 0 saturated heterocycles. The van der Waals surface area contributed by atoms with E-state index >= 15 is 0 Å². The topological polar surface area (TPSA) is 38.7 Å². The van der Waals surface area contributed by atoms with Crippen molar-refractivity contribution in [2.75, 3.05) is 0 Å². The largest absolute Gasteiger partial charge is 0.460 e. The minimum Gasteiger partial charge on any atom is -0.460 e. The Morgan fingerprint density at radius 1 is 1.28 bits per heavy atom. The van der Waals surface area contributed by atoms with E-state index < -0.39 is 5.60 Å². The first-order valence-corrected chi connectivity index (χ1v) is 6.56. The molecule has 3 heteroatoms. The van der Waals surface area contributed by atoms with Gasteiger partial charge in [-0.15, -0.1) is 0 Å². The highest BCUT2D eigenvalue weighted by Crippen LogP contribution is 2.11. The predicted octanol–water partition coefficient (Wildman–Crippen LogP) is 3.78. The quantitative estimate of drug-likeness (QED) is 0.552. The third kappa shape index (κ3) is 8.04. The summed E-state index contributed by atoms with van der Waals surface area (Å²) in [7, 11) is 0. The lowest BCUT2D eigenvalue weighted by Gasteiger charge is -2.19. The summed E-state index contributed by atoms with van der Waals surface area (Å²) in [6.45, 7) is 13.9. The monoisotopic (exact) mass is 253 g/mol. The maximum atomic E-state index is 11.7. The van der Waals surface area contributed by atoms with Gasteiger partial charge in [-0.2, -0.15) is 0 Å². The van der Waals surface area contributed by atoms with Crippen molar-refractivity contribution in [3.8, 4) is 0 Å². The summed E-state index contributed by atoms with van der Waals surface area (Å²) in [5.74, 6) is 0.292. The van der Waals surface area contributed by atoms with Crippen molar-refractivity contribution >= 4 is 12.2 Å². The normalized spacial score (nSPS) is 15.2. The van der Waals surface area contributed by atoms with Crippen LogP contribution in [0.15, 0.2) is 16.6 Å². The lowest BCUT2D eigenvalue weighted by molar-refractivity contribution is -0.153. The van der Waals surface area contributed by atoms with Gasteiger partial charge in [0.25, 0.3) is 0 Å². The molecule has 0 aliphatic rings. The molecule has 3 nitrogen and oxygen atoms in total. The van der Waals surface area contributed by atoms with Crippen LogP contribution in [-0.4, -0.2) is 23.8 Å². The maximum Gasteiger partial charge on any atom is 0.310 e. The highest BCUT2D eigenvalue weighted by atomic mass is 16.6. The Morgan fingerprint density at radius 2 is 1.83 bits per heavy atom. The van der Waals surface area contributed by atoms with Crippen molar-refractivity contribution in [3.63, 3.8) is 0 Å². The Bertz CT molecular complexity index is 322. The fraction of sp³-hybridized carbons (Fsp3) is 0.733. The van der Waals surface area contributed by atoms with Crippen molar-refractivity contribution < 1.29 is 9.53 Å². The third-order valence-corrected chi connectivity index (χ3v) is 2.58. The Hall–Kier alpha value is -1.12. The smallest absolute Gasteiger partial charge is 0.310 e. The van der Waals surface area contributed by atoms with Crippen molar-refractivity contribution in [2.24, 2.45) is 10.9 Å². The van der Waals surface area contributed by atoms with Crippen LogP contribution in [0.5, 0.6) is 0 Å². The van der Waals surface area contributed by atoms with Crippen LogP contribution in [0, 0.1) is 5.92 Å². The van der Waals surface area contributed by atoms with E-state index in [9.17, 15) is 4.79 Å². The average molecular weight is 253 g/mol. The number of carbonyl (C=O) groups excluding carboxylic acids is 1. The van der Waals surface area contributed by atoms with E-state index in [1.165, 1.54) is 0 Å². The molecule has 0 fully saturated rings. The van der Waals surface area contributed by atoms with Gasteiger partial charge in [-0.05, 0) is 46.1 Å². The zero-order valence-corrected chi connectivity index (χ0v) is 12.8. The Labute approximate surface area is 111 Å². The molecule has 18 heavy (non-hydrogen) atoms. The first-order chi connectivity index (χ1) is 8.15. The number of ether oxygens (including phenoxy) is 1. The van der Waals surface area contributed by atoms with Gasteiger partial charge in [0.15, 0.2) is 0 Å². The summed E-state index contributed by atoms with van der Waals surface area (Å²) in [5, 5.41) is 0. The molecule has 104 valence electrons. The number of nitrogens with zero attached hydrogens (tertiary/aromatic N) is 1. The van der Waals surface area contributed by atoms with Gasteiger partial charge in [0.1, 0.15) is 5.60 Å². The number of esters is 1. The SMILES string of the molecule is C/C=C(\C=NC(C)C(C)C)CC(=O)OC(C)(C)C. The van der Waals surface area contributed by atoms with Crippen LogP contribution < -0.4 is 0 Å². The van der Waals surface area contributed by atoms with Gasteiger partial charge in [-0.1, -0.05) is 19.9 Å². The van der Waals surface area contributed by atoms with Crippen molar-refractivity contribution in [1.29, 1.82) is 0 Å². The Kier molecular flexibility index (Phi) is 6.89. The maximum absolute atomic E-state index is 11.7. The van der Waals surface area contributed by atoms with E-state index in [1.807, 2.05) is 33.8 Å². The van der Waals surface area contributed by atoms with E-state index in [-0.39, 0.29) is 18.4 Å². The number of aliphatic imine (C=N–C) groups is 1. The van der Waals surface area contributed by atoms with E-state index in [0.717, 1.165) is 5.57 Å². The number of rotatable bonds is 5. The molecule has 0 aliphatic carbocycles. The standard InChI is InChI=1S/C15H27NO2/c1-8-13(10-16-12(4)11(2)3)9-14(17)18-15(5,6)7/h8,10-12H,9H2,1-7H3/b13-8-,16-10?. The molecule has 0 aromatic carbocycles. The van der Waals surface area contributed by atoms with Gasteiger partial charge < -0.3 is 4.74 Å². The van der Waals surface area contributed by atoms with E-state index in [1.54, 1.807) is 6.21 Å². The van der Waals surface area contributed by atoms with Gasteiger partial charge in [-0.3, -0.25) is 9.79 Å². The fourth-order valence-corrected chi connectivity index (χ4v) is 1.15. The van der Waals surface area contributed by atoms with E-state index in [4.69, 9.17) is 4.74 Å². The number of hydrogen-bond acceptors (Lipinski definition) is 3. The number of allylic oxidation sites excluding steroid dienone is 1. The third-order valence-electron chi connectivity index (χ3n) is 2.58. The summed E-state index contributed by atoms with van der Waals surface area (Å²) in [6.07, 6.45) is 3.97. The molecule has 0 rings (SSSR count). The molecule has 0 N–H and O–H groups in total. The van der Waals surface area contributed by atoms with Gasteiger partial charge in [-0.25, -0.2) is 0 Å². The molecule has 0 heterocycles. The van der Waals surface area contributed by atoms with E-state index in [0.29, 0.717) is 5.92 Å². The molecular weight excluding hydrogens is 226 g/mol. The molecule has 0 aliphatic heterocycles. The van der Waals surface area contributed by atoms with Crippen LogP contribution in [0.3, 0.4) is 0 Å².